The van der Waals surface area contributed by atoms with E-state index in [9.17, 15) is 0 Å². The number of ether oxygens (including phenoxy) is 1. The molecular weight excluding hydrogens is 317 g/mol. The Bertz CT molecular complexity index is 344. The number of hydrogen-bond donors (Lipinski definition) is 1. The maximum absolute atomic E-state index is 5.31. The molecule has 0 aliphatic heterocycles. The van der Waals surface area contributed by atoms with Crippen molar-refractivity contribution in [1.82, 2.24) is 9.97 Å². The van der Waals surface area contributed by atoms with Crippen LogP contribution in [0.15, 0.2) is 0 Å². The second kappa shape index (κ2) is 7.01. The lowest BCUT2D eigenvalue weighted by atomic mass is 10.3. The van der Waals surface area contributed by atoms with E-state index >= 15 is 0 Å². The third-order valence-corrected chi connectivity index (χ3v) is 3.37. The van der Waals surface area contributed by atoms with Crippen LogP contribution in [0.25, 0.3) is 0 Å². The molecule has 16 heavy (non-hydrogen) atoms. The zero-order chi connectivity index (χ0) is 12.0. The lowest BCUT2D eigenvalue weighted by Gasteiger charge is -2.09. The van der Waals surface area contributed by atoms with Crippen molar-refractivity contribution in [1.29, 1.82) is 0 Å². The van der Waals surface area contributed by atoms with E-state index in [1.807, 2.05) is 13.8 Å². The number of rotatable bonds is 6. The van der Waals surface area contributed by atoms with Crippen molar-refractivity contribution < 1.29 is 4.74 Å². The van der Waals surface area contributed by atoms with Crippen molar-refractivity contribution in [2.45, 2.75) is 27.2 Å². The van der Waals surface area contributed by atoms with E-state index < -0.39 is 0 Å². The molecule has 0 unspecified atom stereocenters. The number of aromatic nitrogens is 2. The van der Waals surface area contributed by atoms with Crippen LogP contribution in [-0.2, 0) is 11.2 Å². The van der Waals surface area contributed by atoms with Crippen LogP contribution in [0.3, 0.4) is 0 Å². The molecule has 0 amide bonds. The number of nitrogens with zero attached hydrogens (tertiary/aromatic N) is 2. The van der Waals surface area contributed by atoms with E-state index in [4.69, 9.17) is 4.74 Å². The first-order valence-electron chi connectivity index (χ1n) is 5.53. The number of aryl methyl sites for hydroxylation is 1. The summed E-state index contributed by atoms with van der Waals surface area (Å²) in [4.78, 5) is 8.93. The SMILES string of the molecule is CCNc1nc(CCOCC)nc(C)c1I. The first-order valence-corrected chi connectivity index (χ1v) is 6.61. The summed E-state index contributed by atoms with van der Waals surface area (Å²) in [7, 11) is 0. The molecule has 0 aromatic carbocycles. The smallest absolute Gasteiger partial charge is 0.143 e. The molecule has 5 heteroatoms. The summed E-state index contributed by atoms with van der Waals surface area (Å²) in [5, 5.41) is 3.25. The maximum Gasteiger partial charge on any atom is 0.143 e. The Hall–Kier alpha value is -0.430. The van der Waals surface area contributed by atoms with Gasteiger partial charge in [0.2, 0.25) is 0 Å². The fourth-order valence-corrected chi connectivity index (χ4v) is 1.75. The molecule has 1 N–H and O–H groups in total. The van der Waals surface area contributed by atoms with Crippen LogP contribution in [0.1, 0.15) is 25.4 Å². The summed E-state index contributed by atoms with van der Waals surface area (Å²) in [6.45, 7) is 8.36. The lowest BCUT2D eigenvalue weighted by Crippen LogP contribution is -2.10. The molecule has 0 aliphatic rings. The summed E-state index contributed by atoms with van der Waals surface area (Å²) in [5.74, 6) is 1.78. The summed E-state index contributed by atoms with van der Waals surface area (Å²) in [6, 6.07) is 0. The van der Waals surface area contributed by atoms with Gasteiger partial charge in [-0.15, -0.1) is 0 Å². The average Bonchev–Trinajstić information content (AvgIpc) is 2.26. The minimum Gasteiger partial charge on any atom is -0.381 e. The van der Waals surface area contributed by atoms with Gasteiger partial charge in [-0.25, -0.2) is 9.97 Å². The highest BCUT2D eigenvalue weighted by atomic mass is 127. The van der Waals surface area contributed by atoms with Gasteiger partial charge in [-0.2, -0.15) is 0 Å². The topological polar surface area (TPSA) is 47.0 Å². The Morgan fingerprint density at radius 3 is 2.69 bits per heavy atom. The summed E-state index contributed by atoms with van der Waals surface area (Å²) >= 11 is 2.27. The van der Waals surface area contributed by atoms with Crippen LogP contribution < -0.4 is 5.32 Å². The van der Waals surface area contributed by atoms with E-state index in [0.29, 0.717) is 6.61 Å². The van der Waals surface area contributed by atoms with Gasteiger partial charge in [-0.3, -0.25) is 0 Å². The van der Waals surface area contributed by atoms with Gasteiger partial charge < -0.3 is 10.1 Å². The Morgan fingerprint density at radius 2 is 2.06 bits per heavy atom. The van der Waals surface area contributed by atoms with E-state index in [1.165, 1.54) is 0 Å². The van der Waals surface area contributed by atoms with Crippen LogP contribution in [0.4, 0.5) is 5.82 Å². The van der Waals surface area contributed by atoms with Gasteiger partial charge in [0.15, 0.2) is 0 Å². The minimum absolute atomic E-state index is 0.683. The second-order valence-corrected chi connectivity index (χ2v) is 4.44. The summed E-state index contributed by atoms with van der Waals surface area (Å²) in [5.41, 5.74) is 1.03. The van der Waals surface area contributed by atoms with Crippen molar-refractivity contribution >= 4 is 28.4 Å². The molecular formula is C11H18IN3O. The number of hydrogen-bond acceptors (Lipinski definition) is 4. The zero-order valence-corrected chi connectivity index (χ0v) is 12.2. The van der Waals surface area contributed by atoms with Gasteiger partial charge in [0.1, 0.15) is 11.6 Å². The van der Waals surface area contributed by atoms with Gasteiger partial charge in [-0.1, -0.05) is 0 Å². The molecule has 0 radical (unpaired) electrons. The predicted molar refractivity (Wildman–Crippen MR) is 73.8 cm³/mol. The van der Waals surface area contributed by atoms with Gasteiger partial charge in [-0.05, 0) is 43.4 Å². The van der Waals surface area contributed by atoms with E-state index in [1.54, 1.807) is 0 Å². The van der Waals surface area contributed by atoms with Crippen molar-refractivity contribution in [3.8, 4) is 0 Å². The third-order valence-electron chi connectivity index (χ3n) is 2.08. The molecule has 1 heterocycles. The maximum atomic E-state index is 5.31. The van der Waals surface area contributed by atoms with E-state index in [-0.39, 0.29) is 0 Å². The van der Waals surface area contributed by atoms with Gasteiger partial charge >= 0.3 is 0 Å². The van der Waals surface area contributed by atoms with Crippen LogP contribution in [0.2, 0.25) is 0 Å². The fraction of sp³-hybridized carbons (Fsp3) is 0.636. The Morgan fingerprint density at radius 1 is 1.31 bits per heavy atom. The Balaban J connectivity index is 2.77. The largest absolute Gasteiger partial charge is 0.381 e. The predicted octanol–water partition coefficient (Wildman–Crippen LogP) is 2.40. The first kappa shape index (κ1) is 13.6. The van der Waals surface area contributed by atoms with E-state index in [2.05, 4.69) is 44.8 Å². The van der Waals surface area contributed by atoms with Crippen molar-refractivity contribution in [3.63, 3.8) is 0 Å². The first-order chi connectivity index (χ1) is 7.69. The third kappa shape index (κ3) is 3.86. The van der Waals surface area contributed by atoms with Gasteiger partial charge in [0.05, 0.1) is 15.9 Å². The molecule has 0 aliphatic carbocycles. The molecule has 0 saturated heterocycles. The molecule has 0 atom stereocenters. The van der Waals surface area contributed by atoms with Crippen LogP contribution >= 0.6 is 22.6 Å². The Labute approximate surface area is 110 Å². The van der Waals surface area contributed by atoms with Crippen molar-refractivity contribution in [3.05, 3.63) is 15.1 Å². The molecule has 1 rings (SSSR count). The quantitative estimate of drug-likeness (QED) is 0.641. The highest BCUT2D eigenvalue weighted by Crippen LogP contribution is 2.18. The van der Waals surface area contributed by atoms with Gasteiger partial charge in [0, 0.05) is 19.6 Å². The minimum atomic E-state index is 0.683. The molecule has 4 nitrogen and oxygen atoms in total. The van der Waals surface area contributed by atoms with Crippen LogP contribution in [0, 0.1) is 10.5 Å². The second-order valence-electron chi connectivity index (χ2n) is 3.37. The van der Waals surface area contributed by atoms with Crippen molar-refractivity contribution in [2.75, 3.05) is 25.1 Å². The van der Waals surface area contributed by atoms with Crippen LogP contribution in [-0.4, -0.2) is 29.7 Å². The molecule has 0 spiro atoms. The zero-order valence-electron chi connectivity index (χ0n) is 10.0. The summed E-state index contributed by atoms with van der Waals surface area (Å²) in [6.07, 6.45) is 0.768. The number of anilines is 1. The van der Waals surface area contributed by atoms with Crippen molar-refractivity contribution in [2.24, 2.45) is 0 Å². The highest BCUT2D eigenvalue weighted by Gasteiger charge is 2.08. The van der Waals surface area contributed by atoms with Gasteiger partial charge in [0.25, 0.3) is 0 Å². The van der Waals surface area contributed by atoms with Crippen LogP contribution in [0.5, 0.6) is 0 Å². The average molecular weight is 335 g/mol. The molecule has 1 aromatic heterocycles. The number of halogens is 1. The van der Waals surface area contributed by atoms with E-state index in [0.717, 1.165) is 40.5 Å². The molecule has 90 valence electrons. The number of nitrogens with one attached hydrogen (secondary N) is 1. The summed E-state index contributed by atoms with van der Waals surface area (Å²) < 4.78 is 6.40. The molecule has 0 bridgehead atoms. The standard InChI is InChI=1S/C11H18IN3O/c1-4-13-11-10(12)8(3)14-9(15-11)6-7-16-5-2/h4-7H2,1-3H3,(H,13,14,15). The normalized spacial score (nSPS) is 10.5. The monoisotopic (exact) mass is 335 g/mol. The molecule has 0 saturated carbocycles. The fourth-order valence-electron chi connectivity index (χ4n) is 1.32. The molecule has 0 fully saturated rings. The molecule has 1 aromatic rings. The lowest BCUT2D eigenvalue weighted by molar-refractivity contribution is 0.149. The Kier molecular flexibility index (Phi) is 5.97. The highest BCUT2D eigenvalue weighted by molar-refractivity contribution is 14.1.